The van der Waals surface area contributed by atoms with Gasteiger partial charge in [-0.1, -0.05) is 6.92 Å². The Morgan fingerprint density at radius 1 is 1.00 bits per heavy atom. The number of halogens is 1. The van der Waals surface area contributed by atoms with Gasteiger partial charge in [0.05, 0.1) is 26.4 Å². The molecule has 3 rings (SSSR count). The van der Waals surface area contributed by atoms with Gasteiger partial charge in [0, 0.05) is 64.8 Å². The van der Waals surface area contributed by atoms with E-state index < -0.39 is 0 Å². The molecule has 30 heavy (non-hydrogen) atoms. The lowest BCUT2D eigenvalue weighted by Crippen LogP contribution is -2.50. The summed E-state index contributed by atoms with van der Waals surface area (Å²) in [6, 6.07) is 0. The van der Waals surface area contributed by atoms with Crippen molar-refractivity contribution in [2.24, 2.45) is 16.8 Å². The Bertz CT molecular complexity index is 531. The van der Waals surface area contributed by atoms with E-state index in [-0.39, 0.29) is 29.9 Å². The van der Waals surface area contributed by atoms with Crippen LogP contribution in [0.1, 0.15) is 26.7 Å². The lowest BCUT2D eigenvalue weighted by Gasteiger charge is -2.37. The third kappa shape index (κ3) is 7.80. The number of hydrogen-bond acceptors (Lipinski definition) is 5. The van der Waals surface area contributed by atoms with Crippen LogP contribution in [-0.4, -0.2) is 112 Å². The van der Waals surface area contributed by atoms with Crippen LogP contribution < -0.4 is 5.32 Å². The number of ether oxygens (including phenoxy) is 2. The number of carbonyl (C=O) groups is 1. The highest BCUT2D eigenvalue weighted by molar-refractivity contribution is 14.0. The number of nitrogens with one attached hydrogen (secondary N) is 1. The third-order valence-electron chi connectivity index (χ3n) is 6.03. The fraction of sp³-hybridized carbons (Fsp3) is 0.905. The molecule has 0 bridgehead atoms. The van der Waals surface area contributed by atoms with Gasteiger partial charge in [-0.05, 0) is 25.7 Å². The van der Waals surface area contributed by atoms with Gasteiger partial charge in [0.2, 0.25) is 5.91 Å². The van der Waals surface area contributed by atoms with Gasteiger partial charge in [0.1, 0.15) is 0 Å². The first-order valence-corrected chi connectivity index (χ1v) is 11.4. The molecule has 3 saturated heterocycles. The average molecular weight is 537 g/mol. The maximum atomic E-state index is 12.8. The van der Waals surface area contributed by atoms with Gasteiger partial charge < -0.3 is 24.6 Å². The summed E-state index contributed by atoms with van der Waals surface area (Å²) in [5, 5.41) is 3.45. The molecular formula is C21H40IN5O3. The number of hydrogen-bond donors (Lipinski definition) is 1. The number of amides is 1. The quantitative estimate of drug-likeness (QED) is 0.311. The predicted octanol–water partition coefficient (Wildman–Crippen LogP) is 1.11. The maximum absolute atomic E-state index is 12.8. The zero-order valence-corrected chi connectivity index (χ0v) is 21.0. The highest BCUT2D eigenvalue weighted by atomic mass is 127. The Morgan fingerprint density at radius 2 is 1.60 bits per heavy atom. The fourth-order valence-electron chi connectivity index (χ4n) is 4.33. The number of morpholine rings is 2. The van der Waals surface area contributed by atoms with Gasteiger partial charge in [0.25, 0.3) is 0 Å². The van der Waals surface area contributed by atoms with E-state index in [0.29, 0.717) is 25.0 Å². The summed E-state index contributed by atoms with van der Waals surface area (Å²) in [6.45, 7) is 15.5. The van der Waals surface area contributed by atoms with Crippen molar-refractivity contribution in [1.29, 1.82) is 0 Å². The Labute approximate surface area is 198 Å². The van der Waals surface area contributed by atoms with Crippen molar-refractivity contribution in [1.82, 2.24) is 20.0 Å². The predicted molar refractivity (Wildman–Crippen MR) is 130 cm³/mol. The number of piperidine rings is 1. The molecule has 3 fully saturated rings. The molecule has 0 aromatic carbocycles. The first-order chi connectivity index (χ1) is 14.2. The molecule has 0 aliphatic carbocycles. The second-order valence-electron chi connectivity index (χ2n) is 8.41. The number of rotatable bonds is 6. The second-order valence-corrected chi connectivity index (χ2v) is 8.41. The Kier molecular flexibility index (Phi) is 11.7. The van der Waals surface area contributed by atoms with E-state index in [1.54, 1.807) is 0 Å². The smallest absolute Gasteiger partial charge is 0.225 e. The van der Waals surface area contributed by atoms with Gasteiger partial charge in [-0.2, -0.15) is 0 Å². The van der Waals surface area contributed by atoms with Crippen molar-refractivity contribution in [3.8, 4) is 0 Å². The highest BCUT2D eigenvalue weighted by Gasteiger charge is 2.30. The minimum Gasteiger partial charge on any atom is -0.379 e. The number of nitrogens with zero attached hydrogens (tertiary/aromatic N) is 4. The number of guanidine groups is 1. The topological polar surface area (TPSA) is 69.6 Å². The van der Waals surface area contributed by atoms with E-state index >= 15 is 0 Å². The molecule has 1 atom stereocenters. The average Bonchev–Trinajstić information content (AvgIpc) is 2.77. The molecular weight excluding hydrogens is 497 g/mol. The van der Waals surface area contributed by atoms with Gasteiger partial charge in [0.15, 0.2) is 5.96 Å². The van der Waals surface area contributed by atoms with Gasteiger partial charge in [-0.15, -0.1) is 24.0 Å². The summed E-state index contributed by atoms with van der Waals surface area (Å²) in [5.41, 5.74) is 0. The number of likely N-dealkylation sites (tertiary alicyclic amines) is 1. The third-order valence-corrected chi connectivity index (χ3v) is 6.03. The van der Waals surface area contributed by atoms with Crippen LogP contribution in [0, 0.1) is 11.8 Å². The highest BCUT2D eigenvalue weighted by Crippen LogP contribution is 2.20. The molecule has 174 valence electrons. The van der Waals surface area contributed by atoms with E-state index in [9.17, 15) is 4.79 Å². The van der Waals surface area contributed by atoms with Crippen molar-refractivity contribution >= 4 is 35.8 Å². The molecule has 0 aromatic rings. The van der Waals surface area contributed by atoms with Crippen LogP contribution in [0.25, 0.3) is 0 Å². The van der Waals surface area contributed by atoms with E-state index in [1.807, 2.05) is 4.90 Å². The molecule has 0 aromatic heterocycles. The van der Waals surface area contributed by atoms with E-state index in [4.69, 9.17) is 14.5 Å². The van der Waals surface area contributed by atoms with Gasteiger partial charge >= 0.3 is 0 Å². The van der Waals surface area contributed by atoms with E-state index in [1.165, 1.54) is 0 Å². The summed E-state index contributed by atoms with van der Waals surface area (Å²) in [6.07, 6.45) is 1.81. The minimum atomic E-state index is 0. The Morgan fingerprint density at radius 3 is 2.20 bits per heavy atom. The van der Waals surface area contributed by atoms with Crippen LogP contribution in [0.2, 0.25) is 0 Å². The maximum Gasteiger partial charge on any atom is 0.225 e. The molecule has 0 saturated carbocycles. The van der Waals surface area contributed by atoms with Crippen LogP contribution in [0.3, 0.4) is 0 Å². The zero-order valence-electron chi connectivity index (χ0n) is 18.7. The lowest BCUT2D eigenvalue weighted by atomic mass is 9.95. The van der Waals surface area contributed by atoms with E-state index in [0.717, 1.165) is 90.9 Å². The van der Waals surface area contributed by atoms with Crippen LogP contribution in [0.15, 0.2) is 4.99 Å². The SMILES string of the molecule is CCNC(=NCC(C)CN1CCOCC1)N1CCC(C(=O)N2CCOCC2)CC1.I. The van der Waals surface area contributed by atoms with Crippen molar-refractivity contribution in [3.05, 3.63) is 0 Å². The molecule has 1 N–H and O–H groups in total. The summed E-state index contributed by atoms with van der Waals surface area (Å²) in [7, 11) is 0. The van der Waals surface area contributed by atoms with Crippen molar-refractivity contribution in [2.75, 3.05) is 85.3 Å². The Balaban J connectivity index is 0.00000320. The minimum absolute atomic E-state index is 0. The molecule has 9 heteroatoms. The summed E-state index contributed by atoms with van der Waals surface area (Å²) >= 11 is 0. The van der Waals surface area contributed by atoms with Crippen LogP contribution in [-0.2, 0) is 14.3 Å². The fourth-order valence-corrected chi connectivity index (χ4v) is 4.33. The second kappa shape index (κ2) is 13.7. The van der Waals surface area contributed by atoms with E-state index in [2.05, 4.69) is 29.0 Å². The molecule has 3 aliphatic heterocycles. The molecule has 0 spiro atoms. The summed E-state index contributed by atoms with van der Waals surface area (Å²) in [4.78, 5) is 24.5. The normalized spacial score (nSPS) is 23.1. The molecule has 1 unspecified atom stereocenters. The molecule has 8 nitrogen and oxygen atoms in total. The summed E-state index contributed by atoms with van der Waals surface area (Å²) in [5.74, 6) is 1.97. The van der Waals surface area contributed by atoms with Crippen LogP contribution >= 0.6 is 24.0 Å². The van der Waals surface area contributed by atoms with Gasteiger partial charge in [-0.25, -0.2) is 0 Å². The summed E-state index contributed by atoms with van der Waals surface area (Å²) < 4.78 is 10.8. The number of carbonyl (C=O) groups excluding carboxylic acids is 1. The first-order valence-electron chi connectivity index (χ1n) is 11.4. The van der Waals surface area contributed by atoms with Crippen LogP contribution in [0.4, 0.5) is 0 Å². The van der Waals surface area contributed by atoms with Gasteiger partial charge in [-0.3, -0.25) is 14.7 Å². The van der Waals surface area contributed by atoms with Crippen molar-refractivity contribution in [2.45, 2.75) is 26.7 Å². The Hall–Kier alpha value is -0.650. The monoisotopic (exact) mass is 537 g/mol. The lowest BCUT2D eigenvalue weighted by molar-refractivity contribution is -0.140. The van der Waals surface area contributed by atoms with Crippen LogP contribution in [0.5, 0.6) is 0 Å². The number of aliphatic imine (C=N–C) groups is 1. The first kappa shape index (κ1) is 25.6. The zero-order chi connectivity index (χ0) is 20.5. The standard InChI is InChI=1S/C21H39N5O3.HI/c1-3-22-21(23-16-18(2)17-24-8-12-28-13-9-24)26-6-4-19(5-7-26)20(27)25-10-14-29-15-11-25;/h18-19H,3-17H2,1-2H3,(H,22,23);1H. The van der Waals surface area contributed by atoms with Crippen molar-refractivity contribution in [3.63, 3.8) is 0 Å². The molecule has 3 heterocycles. The largest absolute Gasteiger partial charge is 0.379 e. The molecule has 3 aliphatic rings. The van der Waals surface area contributed by atoms with Crippen molar-refractivity contribution < 1.29 is 14.3 Å². The molecule has 0 radical (unpaired) electrons. The molecule has 1 amide bonds.